The van der Waals surface area contributed by atoms with Gasteiger partial charge in [-0.05, 0) is 24.5 Å². The Morgan fingerprint density at radius 1 is 1.36 bits per heavy atom. The standard InChI is InChI=1S/C16H19BrN2O2S/c1-11(2)7-8-18-15(20)10-22-16-19-9-14(21-16)12-3-5-13(17)6-4-12/h3-6,9,11H,7-8,10H2,1-2H3,(H,18,20). The zero-order valence-electron chi connectivity index (χ0n) is 12.6. The SMILES string of the molecule is CC(C)CCNC(=O)CSc1ncc(-c2ccc(Br)cc2)o1. The highest BCUT2D eigenvalue weighted by molar-refractivity contribution is 9.10. The number of carbonyl (C=O) groups is 1. The summed E-state index contributed by atoms with van der Waals surface area (Å²) in [5.74, 6) is 1.62. The number of oxazole rings is 1. The van der Waals surface area contributed by atoms with Crippen molar-refractivity contribution < 1.29 is 9.21 Å². The van der Waals surface area contributed by atoms with Crippen LogP contribution < -0.4 is 5.32 Å². The molecular formula is C16H19BrN2O2S. The third-order valence-corrected chi connectivity index (χ3v) is 4.35. The molecule has 0 radical (unpaired) electrons. The number of hydrogen-bond donors (Lipinski definition) is 1. The van der Waals surface area contributed by atoms with E-state index in [1.807, 2.05) is 24.3 Å². The average molecular weight is 383 g/mol. The third kappa shape index (κ3) is 5.50. The molecule has 0 aliphatic rings. The van der Waals surface area contributed by atoms with Gasteiger partial charge in [0.1, 0.15) is 0 Å². The molecule has 2 rings (SSSR count). The van der Waals surface area contributed by atoms with Crippen molar-refractivity contribution in [2.75, 3.05) is 12.3 Å². The second kappa shape index (κ2) is 8.39. The van der Waals surface area contributed by atoms with Crippen molar-refractivity contribution in [3.63, 3.8) is 0 Å². The van der Waals surface area contributed by atoms with Crippen molar-refractivity contribution in [3.8, 4) is 11.3 Å². The molecule has 0 saturated carbocycles. The Bertz CT molecular complexity index is 611. The minimum Gasteiger partial charge on any atom is -0.431 e. The number of carbonyl (C=O) groups excluding carboxylic acids is 1. The van der Waals surface area contributed by atoms with Crippen LogP contribution in [0.1, 0.15) is 20.3 Å². The summed E-state index contributed by atoms with van der Waals surface area (Å²) < 4.78 is 6.68. The number of halogens is 1. The number of benzene rings is 1. The van der Waals surface area contributed by atoms with Gasteiger partial charge in [-0.15, -0.1) is 0 Å². The Morgan fingerprint density at radius 3 is 2.77 bits per heavy atom. The van der Waals surface area contributed by atoms with Gasteiger partial charge in [0, 0.05) is 16.6 Å². The largest absolute Gasteiger partial charge is 0.431 e. The van der Waals surface area contributed by atoms with Crippen LogP contribution >= 0.6 is 27.7 Å². The second-order valence-electron chi connectivity index (χ2n) is 5.32. The first-order valence-corrected chi connectivity index (χ1v) is 8.93. The molecule has 2 aromatic rings. The van der Waals surface area contributed by atoms with E-state index < -0.39 is 0 Å². The number of amides is 1. The first-order chi connectivity index (χ1) is 10.5. The van der Waals surface area contributed by atoms with Gasteiger partial charge in [-0.3, -0.25) is 4.79 Å². The molecule has 0 aliphatic carbocycles. The lowest BCUT2D eigenvalue weighted by Crippen LogP contribution is -2.26. The topological polar surface area (TPSA) is 55.1 Å². The Balaban J connectivity index is 1.82. The van der Waals surface area contributed by atoms with Crippen LogP contribution in [0.5, 0.6) is 0 Å². The van der Waals surface area contributed by atoms with Crippen LogP contribution in [0, 0.1) is 5.92 Å². The van der Waals surface area contributed by atoms with Gasteiger partial charge in [-0.2, -0.15) is 0 Å². The number of nitrogens with one attached hydrogen (secondary N) is 1. The molecule has 4 nitrogen and oxygen atoms in total. The molecule has 1 aromatic heterocycles. The van der Waals surface area contributed by atoms with Crippen molar-refractivity contribution in [2.45, 2.75) is 25.5 Å². The number of rotatable bonds is 7. The smallest absolute Gasteiger partial charge is 0.256 e. The number of nitrogens with zero attached hydrogens (tertiary/aromatic N) is 1. The molecule has 0 bridgehead atoms. The number of thioether (sulfide) groups is 1. The second-order valence-corrected chi connectivity index (χ2v) is 7.16. The number of hydrogen-bond acceptors (Lipinski definition) is 4. The molecule has 0 unspecified atom stereocenters. The van der Waals surface area contributed by atoms with Crippen LogP contribution in [-0.2, 0) is 4.79 Å². The van der Waals surface area contributed by atoms with Crippen LogP contribution in [-0.4, -0.2) is 23.2 Å². The summed E-state index contributed by atoms with van der Waals surface area (Å²) in [6.45, 7) is 4.99. The van der Waals surface area contributed by atoms with E-state index in [1.54, 1.807) is 6.20 Å². The monoisotopic (exact) mass is 382 g/mol. The van der Waals surface area contributed by atoms with E-state index in [-0.39, 0.29) is 5.91 Å². The molecule has 0 aliphatic heterocycles. The van der Waals surface area contributed by atoms with Gasteiger partial charge in [-0.25, -0.2) is 4.98 Å². The van der Waals surface area contributed by atoms with Gasteiger partial charge >= 0.3 is 0 Å². The van der Waals surface area contributed by atoms with E-state index in [2.05, 4.69) is 40.1 Å². The van der Waals surface area contributed by atoms with Gasteiger partial charge in [0.05, 0.1) is 11.9 Å². The van der Waals surface area contributed by atoms with Crippen LogP contribution in [0.15, 0.2) is 44.6 Å². The van der Waals surface area contributed by atoms with Crippen molar-refractivity contribution in [2.24, 2.45) is 5.92 Å². The summed E-state index contributed by atoms with van der Waals surface area (Å²) in [6, 6.07) is 7.81. The average Bonchev–Trinajstić information content (AvgIpc) is 2.94. The fourth-order valence-electron chi connectivity index (χ4n) is 1.75. The summed E-state index contributed by atoms with van der Waals surface area (Å²) >= 11 is 4.71. The molecule has 118 valence electrons. The van der Waals surface area contributed by atoms with Crippen LogP contribution in [0.4, 0.5) is 0 Å². The van der Waals surface area contributed by atoms with Crippen LogP contribution in [0.25, 0.3) is 11.3 Å². The highest BCUT2D eigenvalue weighted by atomic mass is 79.9. The maximum absolute atomic E-state index is 11.7. The van der Waals surface area contributed by atoms with Crippen molar-refractivity contribution in [3.05, 3.63) is 34.9 Å². The fourth-order valence-corrected chi connectivity index (χ4v) is 2.65. The molecular weight excluding hydrogens is 364 g/mol. The first kappa shape index (κ1) is 17.1. The van der Waals surface area contributed by atoms with E-state index in [0.717, 1.165) is 16.5 Å². The fraction of sp³-hybridized carbons (Fsp3) is 0.375. The normalized spacial score (nSPS) is 10.9. The van der Waals surface area contributed by atoms with E-state index in [4.69, 9.17) is 4.42 Å². The Hall–Kier alpha value is -1.27. The van der Waals surface area contributed by atoms with Crippen molar-refractivity contribution in [1.82, 2.24) is 10.3 Å². The third-order valence-electron chi connectivity index (χ3n) is 2.98. The van der Waals surface area contributed by atoms with E-state index in [9.17, 15) is 4.79 Å². The Morgan fingerprint density at radius 2 is 2.09 bits per heavy atom. The van der Waals surface area contributed by atoms with Crippen LogP contribution in [0.2, 0.25) is 0 Å². The lowest BCUT2D eigenvalue weighted by atomic mass is 10.1. The van der Waals surface area contributed by atoms with Crippen LogP contribution in [0.3, 0.4) is 0 Å². The molecule has 1 amide bonds. The predicted molar refractivity (Wildman–Crippen MR) is 92.8 cm³/mol. The zero-order chi connectivity index (χ0) is 15.9. The molecule has 0 atom stereocenters. The van der Waals surface area contributed by atoms with Gasteiger partial charge in [-0.1, -0.05) is 53.7 Å². The molecule has 1 aromatic carbocycles. The summed E-state index contributed by atoms with van der Waals surface area (Å²) in [5.41, 5.74) is 0.962. The summed E-state index contributed by atoms with van der Waals surface area (Å²) in [5, 5.41) is 3.41. The summed E-state index contributed by atoms with van der Waals surface area (Å²) in [6.07, 6.45) is 2.67. The predicted octanol–water partition coefficient (Wildman–Crippen LogP) is 4.36. The Labute approximate surface area is 143 Å². The van der Waals surface area contributed by atoms with Crippen molar-refractivity contribution in [1.29, 1.82) is 0 Å². The quantitative estimate of drug-likeness (QED) is 0.722. The van der Waals surface area contributed by atoms with Gasteiger partial charge < -0.3 is 9.73 Å². The minimum atomic E-state index is 0.00837. The molecule has 6 heteroatoms. The van der Waals surface area contributed by atoms with Gasteiger partial charge in [0.15, 0.2) is 5.76 Å². The van der Waals surface area contributed by atoms with E-state index in [1.165, 1.54) is 11.8 Å². The lowest BCUT2D eigenvalue weighted by Gasteiger charge is -2.05. The molecule has 0 fully saturated rings. The van der Waals surface area contributed by atoms with Crippen molar-refractivity contribution >= 4 is 33.6 Å². The van der Waals surface area contributed by atoms with E-state index in [0.29, 0.717) is 29.2 Å². The van der Waals surface area contributed by atoms with Gasteiger partial charge in [0.2, 0.25) is 5.91 Å². The Kier molecular flexibility index (Phi) is 6.51. The summed E-state index contributed by atoms with van der Waals surface area (Å²) in [4.78, 5) is 15.9. The molecule has 1 heterocycles. The maximum Gasteiger partial charge on any atom is 0.256 e. The molecule has 0 spiro atoms. The maximum atomic E-state index is 11.7. The molecule has 0 saturated heterocycles. The highest BCUT2D eigenvalue weighted by Gasteiger charge is 2.09. The van der Waals surface area contributed by atoms with Gasteiger partial charge in [0.25, 0.3) is 5.22 Å². The minimum absolute atomic E-state index is 0.00837. The number of aromatic nitrogens is 1. The highest BCUT2D eigenvalue weighted by Crippen LogP contribution is 2.26. The zero-order valence-corrected chi connectivity index (χ0v) is 15.0. The van der Waals surface area contributed by atoms with E-state index >= 15 is 0 Å². The first-order valence-electron chi connectivity index (χ1n) is 7.16. The summed E-state index contributed by atoms with van der Waals surface area (Å²) in [7, 11) is 0. The molecule has 22 heavy (non-hydrogen) atoms. The lowest BCUT2D eigenvalue weighted by molar-refractivity contribution is -0.118. The molecule has 1 N–H and O–H groups in total.